The molecule has 10 heteroatoms. The fourth-order valence-corrected chi connectivity index (χ4v) is 3.26. The van der Waals surface area contributed by atoms with Crippen molar-refractivity contribution in [2.45, 2.75) is 44.3 Å². The van der Waals surface area contributed by atoms with E-state index in [9.17, 15) is 30.6 Å². The highest BCUT2D eigenvalue weighted by molar-refractivity contribution is 5.44. The summed E-state index contributed by atoms with van der Waals surface area (Å²) in [4.78, 5) is 0. The van der Waals surface area contributed by atoms with Crippen molar-refractivity contribution >= 4 is 0 Å². The van der Waals surface area contributed by atoms with Gasteiger partial charge in [0.15, 0.2) is 23.0 Å². The van der Waals surface area contributed by atoms with E-state index >= 15 is 0 Å². The number of aliphatic hydroxyl groups is 2. The Labute approximate surface area is 205 Å². The maximum atomic E-state index is 9.96. The lowest BCUT2D eigenvalue weighted by Gasteiger charge is -2.14. The van der Waals surface area contributed by atoms with Crippen LogP contribution in [0.5, 0.6) is 34.5 Å². The standard InChI is InChI=1S/C25H38N2O8/c28-18(16-34-20-6-8-22(30)24(32)12-20)14-26-10-4-2-1-3-5-11-27-15-19(29)17-35-21-7-9-23(31)25(33)13-21/h6-9,12-13,18-19,26-33H,1-5,10-11,14-17H2. The minimum Gasteiger partial charge on any atom is -0.504 e. The molecule has 8 N–H and O–H groups in total. The van der Waals surface area contributed by atoms with Crippen LogP contribution >= 0.6 is 0 Å². The molecule has 0 aromatic heterocycles. The lowest BCUT2D eigenvalue weighted by atomic mass is 10.1. The van der Waals surface area contributed by atoms with Gasteiger partial charge < -0.3 is 50.7 Å². The van der Waals surface area contributed by atoms with Crippen molar-refractivity contribution in [3.8, 4) is 34.5 Å². The van der Waals surface area contributed by atoms with Gasteiger partial charge in [-0.05, 0) is 50.2 Å². The van der Waals surface area contributed by atoms with Crippen LogP contribution in [0.4, 0.5) is 0 Å². The normalized spacial score (nSPS) is 12.9. The number of aliphatic hydroxyl groups excluding tert-OH is 2. The number of aromatic hydroxyl groups is 4. The lowest BCUT2D eigenvalue weighted by Crippen LogP contribution is -2.32. The van der Waals surface area contributed by atoms with Crippen LogP contribution in [0.15, 0.2) is 36.4 Å². The number of ether oxygens (including phenoxy) is 2. The van der Waals surface area contributed by atoms with E-state index in [1.807, 2.05) is 0 Å². The molecular weight excluding hydrogens is 456 g/mol. The van der Waals surface area contributed by atoms with Crippen molar-refractivity contribution in [3.63, 3.8) is 0 Å². The van der Waals surface area contributed by atoms with Crippen LogP contribution in [0.25, 0.3) is 0 Å². The molecule has 2 atom stereocenters. The van der Waals surface area contributed by atoms with Gasteiger partial charge in [0.2, 0.25) is 0 Å². The van der Waals surface area contributed by atoms with Crippen molar-refractivity contribution in [3.05, 3.63) is 36.4 Å². The van der Waals surface area contributed by atoms with Crippen LogP contribution in [0.3, 0.4) is 0 Å². The van der Waals surface area contributed by atoms with Gasteiger partial charge in [-0.25, -0.2) is 0 Å². The molecule has 35 heavy (non-hydrogen) atoms. The summed E-state index contributed by atoms with van der Waals surface area (Å²) in [6.45, 7) is 2.61. The van der Waals surface area contributed by atoms with Gasteiger partial charge >= 0.3 is 0 Å². The molecule has 0 spiro atoms. The number of phenols is 4. The second kappa shape index (κ2) is 15.9. The summed E-state index contributed by atoms with van der Waals surface area (Å²) in [5.74, 6) is -0.193. The predicted molar refractivity (Wildman–Crippen MR) is 131 cm³/mol. The fraction of sp³-hybridized carbons (Fsp3) is 0.520. The molecule has 2 aromatic rings. The van der Waals surface area contributed by atoms with E-state index in [1.54, 1.807) is 0 Å². The Kier molecular flexibility index (Phi) is 12.8. The Bertz CT molecular complexity index is 798. The second-order valence-corrected chi connectivity index (χ2v) is 8.41. The van der Waals surface area contributed by atoms with E-state index in [0.29, 0.717) is 24.6 Å². The highest BCUT2D eigenvalue weighted by atomic mass is 16.5. The Morgan fingerprint density at radius 2 is 0.971 bits per heavy atom. The molecule has 2 rings (SSSR count). The van der Waals surface area contributed by atoms with Gasteiger partial charge in [0.25, 0.3) is 0 Å². The first-order valence-corrected chi connectivity index (χ1v) is 11.9. The van der Waals surface area contributed by atoms with Crippen LogP contribution in [0.2, 0.25) is 0 Å². The third-order valence-corrected chi connectivity index (χ3v) is 5.25. The summed E-state index contributed by atoms with van der Waals surface area (Å²) in [5.41, 5.74) is 0. The molecule has 0 fully saturated rings. The van der Waals surface area contributed by atoms with Crippen LogP contribution in [0, 0.1) is 0 Å². The fourth-order valence-electron chi connectivity index (χ4n) is 3.26. The zero-order chi connectivity index (χ0) is 25.5. The molecule has 0 saturated heterocycles. The zero-order valence-electron chi connectivity index (χ0n) is 19.9. The van der Waals surface area contributed by atoms with E-state index in [2.05, 4.69) is 10.6 Å². The highest BCUT2D eigenvalue weighted by Gasteiger charge is 2.08. The number of nitrogens with one attached hydrogen (secondary N) is 2. The molecule has 0 aliphatic carbocycles. The van der Waals surface area contributed by atoms with Crippen molar-refractivity contribution in [2.24, 2.45) is 0 Å². The first kappa shape index (κ1) is 28.3. The van der Waals surface area contributed by atoms with E-state index in [1.165, 1.54) is 36.4 Å². The number of unbranched alkanes of at least 4 members (excludes halogenated alkanes) is 4. The number of benzene rings is 2. The quantitative estimate of drug-likeness (QED) is 0.113. The highest BCUT2D eigenvalue weighted by Crippen LogP contribution is 2.29. The Morgan fingerprint density at radius 3 is 1.37 bits per heavy atom. The SMILES string of the molecule is Oc1ccc(OCC(O)CNCCCCCCCNCC(O)COc2ccc(O)c(O)c2)cc1O. The number of hydrogen-bond donors (Lipinski definition) is 8. The van der Waals surface area contributed by atoms with Crippen molar-refractivity contribution in [2.75, 3.05) is 39.4 Å². The van der Waals surface area contributed by atoms with Crippen molar-refractivity contribution in [1.82, 2.24) is 10.6 Å². The Balaban J connectivity index is 1.37. The van der Waals surface area contributed by atoms with Gasteiger partial charge in [-0.1, -0.05) is 19.3 Å². The maximum Gasteiger partial charge on any atom is 0.161 e. The molecule has 0 saturated carbocycles. The summed E-state index contributed by atoms with van der Waals surface area (Å²) in [6.07, 6.45) is 3.95. The average Bonchev–Trinajstić information content (AvgIpc) is 2.84. The molecular formula is C25H38N2O8. The second-order valence-electron chi connectivity index (χ2n) is 8.41. The molecule has 0 aliphatic rings. The summed E-state index contributed by atoms with van der Waals surface area (Å²) >= 11 is 0. The van der Waals surface area contributed by atoms with E-state index < -0.39 is 12.2 Å². The van der Waals surface area contributed by atoms with Gasteiger partial charge in [0.1, 0.15) is 36.9 Å². The number of rotatable bonds is 18. The molecule has 0 heterocycles. The van der Waals surface area contributed by atoms with Gasteiger partial charge in [-0.15, -0.1) is 0 Å². The van der Waals surface area contributed by atoms with E-state index in [4.69, 9.17) is 9.47 Å². The monoisotopic (exact) mass is 494 g/mol. The van der Waals surface area contributed by atoms with E-state index in [0.717, 1.165) is 45.2 Å². The van der Waals surface area contributed by atoms with Crippen LogP contribution in [0.1, 0.15) is 32.1 Å². The molecule has 10 nitrogen and oxygen atoms in total. The van der Waals surface area contributed by atoms with Gasteiger partial charge in [0, 0.05) is 25.2 Å². The molecule has 0 bridgehead atoms. The van der Waals surface area contributed by atoms with Gasteiger partial charge in [0.05, 0.1) is 0 Å². The average molecular weight is 495 g/mol. The molecule has 0 aliphatic heterocycles. The molecule has 2 unspecified atom stereocenters. The zero-order valence-corrected chi connectivity index (χ0v) is 19.9. The van der Waals surface area contributed by atoms with Crippen molar-refractivity contribution in [1.29, 1.82) is 0 Å². The summed E-state index contributed by atoms with van der Waals surface area (Å²) in [6, 6.07) is 8.31. The van der Waals surface area contributed by atoms with E-state index in [-0.39, 0.29) is 36.2 Å². The molecule has 0 amide bonds. The Hall–Kier alpha value is -2.92. The van der Waals surface area contributed by atoms with Crippen LogP contribution in [-0.4, -0.2) is 82.2 Å². The van der Waals surface area contributed by atoms with Crippen molar-refractivity contribution < 1.29 is 40.1 Å². The molecule has 0 radical (unpaired) electrons. The summed E-state index contributed by atoms with van der Waals surface area (Å²) in [7, 11) is 0. The minimum atomic E-state index is -0.675. The first-order chi connectivity index (χ1) is 16.8. The lowest BCUT2D eigenvalue weighted by molar-refractivity contribution is 0.106. The molecule has 196 valence electrons. The number of hydrogen-bond acceptors (Lipinski definition) is 10. The van der Waals surface area contributed by atoms with Crippen LogP contribution in [-0.2, 0) is 0 Å². The predicted octanol–water partition coefficient (Wildman–Crippen LogP) is 1.82. The first-order valence-electron chi connectivity index (χ1n) is 11.9. The summed E-state index contributed by atoms with van der Waals surface area (Å²) < 4.78 is 10.8. The topological polar surface area (TPSA) is 164 Å². The number of phenolic OH excluding ortho intramolecular Hbond substituents is 4. The largest absolute Gasteiger partial charge is 0.504 e. The van der Waals surface area contributed by atoms with Gasteiger partial charge in [-0.3, -0.25) is 0 Å². The van der Waals surface area contributed by atoms with Gasteiger partial charge in [-0.2, -0.15) is 0 Å². The minimum absolute atomic E-state index is 0.0887. The maximum absolute atomic E-state index is 9.96. The third-order valence-electron chi connectivity index (χ3n) is 5.25. The third kappa shape index (κ3) is 11.9. The Morgan fingerprint density at radius 1 is 0.571 bits per heavy atom. The summed E-state index contributed by atoms with van der Waals surface area (Å²) in [5, 5.41) is 63.7. The van der Waals surface area contributed by atoms with Crippen LogP contribution < -0.4 is 20.1 Å². The smallest absolute Gasteiger partial charge is 0.161 e. The molecule has 2 aromatic carbocycles.